The Morgan fingerprint density at radius 3 is 1.38 bits per heavy atom. The van der Waals surface area contributed by atoms with Gasteiger partial charge in [0.25, 0.3) is 0 Å². The Bertz CT molecular complexity index is 959. The van der Waals surface area contributed by atoms with Crippen molar-refractivity contribution in [3.63, 3.8) is 0 Å². The summed E-state index contributed by atoms with van der Waals surface area (Å²) in [6.45, 7) is 3.55. The van der Waals surface area contributed by atoms with Crippen molar-refractivity contribution in [2.75, 3.05) is 33.0 Å². The molecule has 0 fully saturated rings. The molecule has 0 amide bonds. The lowest BCUT2D eigenvalue weighted by molar-refractivity contribution is -0.154. The van der Waals surface area contributed by atoms with Gasteiger partial charge in [0.2, 0.25) is 0 Å². The van der Waals surface area contributed by atoms with Gasteiger partial charge < -0.3 is 24.6 Å². The molecule has 0 aromatic carbocycles. The summed E-state index contributed by atoms with van der Waals surface area (Å²) < 4.78 is 33.5. The number of phosphoric acid groups is 1. The van der Waals surface area contributed by atoms with E-state index < -0.39 is 33.2 Å². The molecule has 0 rings (SSSR count). The first-order valence-corrected chi connectivity index (χ1v) is 25.8. The summed E-state index contributed by atoms with van der Waals surface area (Å²) in [4.78, 5) is 22.7. The highest BCUT2D eigenvalue weighted by Gasteiger charge is 2.26. The lowest BCUT2D eigenvalue weighted by atomic mass is 10.0. The van der Waals surface area contributed by atoms with Crippen LogP contribution in [0.3, 0.4) is 0 Å². The van der Waals surface area contributed by atoms with Crippen LogP contribution in [0.5, 0.6) is 0 Å². The third-order valence-electron chi connectivity index (χ3n) is 10.6. The smallest absolute Gasteiger partial charge is 0.457 e. The van der Waals surface area contributed by atoms with Crippen molar-refractivity contribution >= 4 is 13.8 Å². The van der Waals surface area contributed by atoms with E-state index in [-0.39, 0.29) is 25.6 Å². The van der Waals surface area contributed by atoms with E-state index in [1.165, 1.54) is 173 Å². The minimum atomic E-state index is -4.52. The van der Waals surface area contributed by atoms with Gasteiger partial charge in [-0.15, -0.1) is 0 Å². The van der Waals surface area contributed by atoms with Gasteiger partial charge in [-0.25, -0.2) is 4.57 Å². The third-order valence-corrected chi connectivity index (χ3v) is 11.6. The van der Waals surface area contributed by atoms with Crippen molar-refractivity contribution in [1.82, 2.24) is 0 Å². The van der Waals surface area contributed by atoms with Gasteiger partial charge in [-0.3, -0.25) is 13.8 Å². The van der Waals surface area contributed by atoms with E-state index in [2.05, 4.69) is 38.2 Å². The summed E-state index contributed by atoms with van der Waals surface area (Å²) in [6, 6.07) is 0. The molecule has 0 aliphatic rings. The number of esters is 1. The van der Waals surface area contributed by atoms with Gasteiger partial charge in [0, 0.05) is 13.0 Å². The number of carbonyl (C=O) groups excluding carboxylic acids is 1. The molecule has 0 aromatic rings. The number of allylic oxidation sites excluding steroid dienone is 4. The molecule has 0 bridgehead atoms. The Hall–Kier alpha value is -1.06. The van der Waals surface area contributed by atoms with Crippen molar-refractivity contribution in [2.24, 2.45) is 0 Å². The van der Waals surface area contributed by atoms with Gasteiger partial charge in [0.05, 0.1) is 26.4 Å². The van der Waals surface area contributed by atoms with Gasteiger partial charge >= 0.3 is 13.8 Å². The van der Waals surface area contributed by atoms with Crippen molar-refractivity contribution in [1.29, 1.82) is 0 Å². The Kier molecular flexibility index (Phi) is 44.6. The normalized spacial score (nSPS) is 14.1. The zero-order valence-electron chi connectivity index (χ0n) is 37.8. The summed E-state index contributed by atoms with van der Waals surface area (Å²) in [7, 11) is -4.52. The van der Waals surface area contributed by atoms with E-state index in [1.54, 1.807) is 0 Å². The zero-order valence-corrected chi connectivity index (χ0v) is 38.7. The van der Waals surface area contributed by atoms with Crippen molar-refractivity contribution in [2.45, 2.75) is 244 Å². The third kappa shape index (κ3) is 44.5. The molecule has 58 heavy (non-hydrogen) atoms. The maximum Gasteiger partial charge on any atom is 0.472 e. The number of aliphatic hydroxyl groups is 2. The molecule has 344 valence electrons. The van der Waals surface area contributed by atoms with Gasteiger partial charge in [-0.2, -0.15) is 0 Å². The molecule has 0 spiro atoms. The fourth-order valence-electron chi connectivity index (χ4n) is 6.92. The molecule has 0 radical (unpaired) electrons. The molecule has 10 heteroatoms. The van der Waals surface area contributed by atoms with Gasteiger partial charge in [0.15, 0.2) is 0 Å². The first-order chi connectivity index (χ1) is 28.3. The Labute approximate surface area is 357 Å². The van der Waals surface area contributed by atoms with E-state index >= 15 is 0 Å². The SMILES string of the molecule is CCCCCCC/C=C\C/C=C\CCCCCCCCCCCC(=O)OC(COCCCCCCCCCCCCCCCCCC)COP(=O)(O)OCC(O)CO. The molecule has 0 saturated heterocycles. The number of ether oxygens (including phenoxy) is 2. The maximum atomic E-state index is 12.7. The molecule has 0 heterocycles. The molecule has 9 nitrogen and oxygen atoms in total. The lowest BCUT2D eigenvalue weighted by Crippen LogP contribution is -2.29. The standard InChI is InChI=1S/C48H93O9P/c1-3-5-7-9-11-13-15-17-19-21-22-23-24-25-26-28-30-32-34-36-38-40-48(51)57-47(45-56-58(52,53)55-43-46(50)42-49)44-54-41-39-37-35-33-31-29-27-20-18-16-14-12-10-8-6-4-2/h15,17,21-22,46-47,49-50H,3-14,16,18-20,23-45H2,1-2H3,(H,52,53)/b17-15-,22-21-. The Morgan fingerprint density at radius 2 is 0.931 bits per heavy atom. The average Bonchev–Trinajstić information content (AvgIpc) is 3.21. The second-order valence-electron chi connectivity index (χ2n) is 16.5. The second kappa shape index (κ2) is 45.5. The van der Waals surface area contributed by atoms with Crippen LogP contribution in [0.2, 0.25) is 0 Å². The topological polar surface area (TPSA) is 132 Å². The quantitative estimate of drug-likeness (QED) is 0.0237. The van der Waals surface area contributed by atoms with Crippen molar-refractivity contribution in [3.05, 3.63) is 24.3 Å². The summed E-state index contributed by atoms with van der Waals surface area (Å²) in [5.74, 6) is -0.383. The van der Waals surface area contributed by atoms with Crippen LogP contribution >= 0.6 is 7.82 Å². The van der Waals surface area contributed by atoms with E-state index in [1.807, 2.05) is 0 Å². The summed E-state index contributed by atoms with van der Waals surface area (Å²) >= 11 is 0. The van der Waals surface area contributed by atoms with Crippen LogP contribution in [0.15, 0.2) is 24.3 Å². The van der Waals surface area contributed by atoms with Gasteiger partial charge in [-0.05, 0) is 44.9 Å². The number of aliphatic hydroxyl groups excluding tert-OH is 2. The number of carbonyl (C=O) groups is 1. The summed E-state index contributed by atoms with van der Waals surface area (Å²) in [5, 5.41) is 18.4. The van der Waals surface area contributed by atoms with E-state index in [0.717, 1.165) is 38.5 Å². The highest BCUT2D eigenvalue weighted by molar-refractivity contribution is 7.47. The first-order valence-electron chi connectivity index (χ1n) is 24.3. The predicted molar refractivity (Wildman–Crippen MR) is 242 cm³/mol. The molecular weight excluding hydrogens is 751 g/mol. The number of unbranched alkanes of at least 4 members (excludes halogenated alkanes) is 29. The molecular formula is C48H93O9P. The molecule has 0 saturated carbocycles. The van der Waals surface area contributed by atoms with Gasteiger partial charge in [0.1, 0.15) is 12.2 Å². The minimum absolute atomic E-state index is 0.0523. The highest BCUT2D eigenvalue weighted by Crippen LogP contribution is 2.43. The number of hydrogen-bond acceptors (Lipinski definition) is 8. The minimum Gasteiger partial charge on any atom is -0.457 e. The first kappa shape index (κ1) is 56.9. The fourth-order valence-corrected chi connectivity index (χ4v) is 7.71. The summed E-state index contributed by atoms with van der Waals surface area (Å²) in [5.41, 5.74) is 0. The van der Waals surface area contributed by atoms with Crippen LogP contribution in [0.25, 0.3) is 0 Å². The number of rotatable bonds is 47. The zero-order chi connectivity index (χ0) is 42.5. The molecule has 3 atom stereocenters. The van der Waals surface area contributed by atoms with E-state index in [0.29, 0.717) is 6.61 Å². The monoisotopic (exact) mass is 845 g/mol. The van der Waals surface area contributed by atoms with Crippen LogP contribution in [0.1, 0.15) is 232 Å². The largest absolute Gasteiger partial charge is 0.472 e. The van der Waals surface area contributed by atoms with Crippen LogP contribution in [-0.4, -0.2) is 66.3 Å². The average molecular weight is 845 g/mol. The van der Waals surface area contributed by atoms with E-state index in [9.17, 15) is 19.4 Å². The van der Waals surface area contributed by atoms with Crippen LogP contribution in [0, 0.1) is 0 Å². The van der Waals surface area contributed by atoms with Gasteiger partial charge in [-0.1, -0.05) is 205 Å². The van der Waals surface area contributed by atoms with Crippen LogP contribution < -0.4 is 0 Å². The number of phosphoric ester groups is 1. The summed E-state index contributed by atoms with van der Waals surface area (Å²) in [6.07, 6.45) is 48.5. The highest BCUT2D eigenvalue weighted by atomic mass is 31.2. The predicted octanol–water partition coefficient (Wildman–Crippen LogP) is 13.8. The Morgan fingerprint density at radius 1 is 0.534 bits per heavy atom. The maximum absolute atomic E-state index is 12.7. The van der Waals surface area contributed by atoms with Crippen LogP contribution in [0.4, 0.5) is 0 Å². The lowest BCUT2D eigenvalue weighted by Gasteiger charge is -2.20. The fraction of sp³-hybridized carbons (Fsp3) is 0.896. The van der Waals surface area contributed by atoms with E-state index in [4.69, 9.17) is 23.6 Å². The molecule has 0 aliphatic carbocycles. The van der Waals surface area contributed by atoms with Crippen molar-refractivity contribution in [3.8, 4) is 0 Å². The Balaban J connectivity index is 4.09. The molecule has 0 aromatic heterocycles. The van der Waals surface area contributed by atoms with Crippen molar-refractivity contribution < 1.29 is 43.0 Å². The molecule has 3 N–H and O–H groups in total. The number of hydrogen-bond donors (Lipinski definition) is 3. The molecule has 3 unspecified atom stereocenters. The second-order valence-corrected chi connectivity index (χ2v) is 17.9. The van der Waals surface area contributed by atoms with Crippen LogP contribution in [-0.2, 0) is 27.9 Å². The molecule has 0 aliphatic heterocycles.